The molecule has 2 rings (SSSR count). The maximum Gasteiger partial charge on any atom is 0.119 e. The Morgan fingerprint density at radius 2 is 2.00 bits per heavy atom. The average Bonchev–Trinajstić information content (AvgIpc) is 2.45. The van der Waals surface area contributed by atoms with Gasteiger partial charge in [0, 0.05) is 17.8 Å². The Morgan fingerprint density at radius 1 is 1.25 bits per heavy atom. The second-order valence-electron chi connectivity index (χ2n) is 4.57. The number of hydrogen-bond donors (Lipinski definition) is 2. The van der Waals surface area contributed by atoms with Gasteiger partial charge in [0.1, 0.15) is 10.7 Å². The van der Waals surface area contributed by atoms with Crippen LogP contribution in [-0.2, 0) is 6.54 Å². The fourth-order valence-electron chi connectivity index (χ4n) is 2.08. The monoisotopic (exact) mass is 286 g/mol. The third kappa shape index (κ3) is 3.27. The summed E-state index contributed by atoms with van der Waals surface area (Å²) in [6, 6.07) is 13.9. The van der Waals surface area contributed by atoms with Gasteiger partial charge in [0.05, 0.1) is 7.11 Å². The molecule has 2 aromatic rings. The minimum atomic E-state index is 0.404. The van der Waals surface area contributed by atoms with E-state index in [1.54, 1.807) is 7.11 Å². The van der Waals surface area contributed by atoms with Gasteiger partial charge < -0.3 is 15.8 Å². The zero-order valence-electron chi connectivity index (χ0n) is 11.6. The molecule has 0 aliphatic heterocycles. The molecule has 0 amide bonds. The van der Waals surface area contributed by atoms with Crippen LogP contribution in [0.2, 0.25) is 0 Å². The van der Waals surface area contributed by atoms with Crippen molar-refractivity contribution in [2.45, 2.75) is 13.5 Å². The van der Waals surface area contributed by atoms with Crippen molar-refractivity contribution in [3.8, 4) is 5.75 Å². The molecule has 0 radical (unpaired) electrons. The number of para-hydroxylation sites is 1. The topological polar surface area (TPSA) is 47.3 Å². The van der Waals surface area contributed by atoms with Gasteiger partial charge in [-0.15, -0.1) is 0 Å². The molecule has 0 atom stereocenters. The van der Waals surface area contributed by atoms with Crippen LogP contribution in [0.15, 0.2) is 42.5 Å². The van der Waals surface area contributed by atoms with Gasteiger partial charge in [-0.1, -0.05) is 36.5 Å². The van der Waals surface area contributed by atoms with Crippen molar-refractivity contribution in [2.75, 3.05) is 12.4 Å². The Bertz CT molecular complexity index is 626. The minimum absolute atomic E-state index is 0.404. The van der Waals surface area contributed by atoms with Crippen molar-refractivity contribution in [3.05, 3.63) is 59.2 Å². The van der Waals surface area contributed by atoms with E-state index >= 15 is 0 Å². The highest BCUT2D eigenvalue weighted by atomic mass is 32.1. The summed E-state index contributed by atoms with van der Waals surface area (Å²) >= 11 is 5.10. The normalized spacial score (nSPS) is 10.1. The lowest BCUT2D eigenvalue weighted by Gasteiger charge is -2.14. The summed E-state index contributed by atoms with van der Waals surface area (Å²) in [5.74, 6) is 0.851. The largest absolute Gasteiger partial charge is 0.497 e. The Morgan fingerprint density at radius 3 is 2.70 bits per heavy atom. The van der Waals surface area contributed by atoms with Crippen LogP contribution in [0, 0.1) is 6.92 Å². The van der Waals surface area contributed by atoms with Gasteiger partial charge in [0.2, 0.25) is 0 Å². The number of nitrogens with two attached hydrogens (primary N) is 1. The smallest absolute Gasteiger partial charge is 0.119 e. The van der Waals surface area contributed by atoms with Crippen molar-refractivity contribution in [2.24, 2.45) is 5.73 Å². The first-order chi connectivity index (χ1) is 9.61. The van der Waals surface area contributed by atoms with E-state index in [2.05, 4.69) is 5.32 Å². The van der Waals surface area contributed by atoms with Gasteiger partial charge in [-0.2, -0.15) is 0 Å². The van der Waals surface area contributed by atoms with Gasteiger partial charge in [-0.3, -0.25) is 0 Å². The summed E-state index contributed by atoms with van der Waals surface area (Å²) in [5, 5.41) is 3.41. The lowest BCUT2D eigenvalue weighted by Crippen LogP contribution is -2.14. The molecule has 3 N–H and O–H groups in total. The number of ether oxygens (including phenoxy) is 1. The van der Waals surface area contributed by atoms with Crippen LogP contribution in [0.25, 0.3) is 0 Å². The van der Waals surface area contributed by atoms with Crippen molar-refractivity contribution in [3.63, 3.8) is 0 Å². The summed E-state index contributed by atoms with van der Waals surface area (Å²) < 4.78 is 5.22. The average molecular weight is 286 g/mol. The van der Waals surface area contributed by atoms with Crippen LogP contribution in [0.1, 0.15) is 16.7 Å². The number of methoxy groups -OCH3 is 1. The predicted octanol–water partition coefficient (Wildman–Crippen LogP) is 3.25. The Kier molecular flexibility index (Phi) is 4.58. The molecule has 0 saturated heterocycles. The third-order valence-electron chi connectivity index (χ3n) is 3.14. The molecular formula is C16H18N2OS. The maximum absolute atomic E-state index is 5.77. The fourth-order valence-corrected chi connectivity index (χ4v) is 2.25. The number of anilines is 1. The molecule has 2 aromatic carbocycles. The number of rotatable bonds is 5. The molecule has 0 aliphatic rings. The van der Waals surface area contributed by atoms with E-state index in [0.29, 0.717) is 11.5 Å². The fraction of sp³-hybridized carbons (Fsp3) is 0.188. The van der Waals surface area contributed by atoms with Gasteiger partial charge in [-0.25, -0.2) is 0 Å². The summed E-state index contributed by atoms with van der Waals surface area (Å²) in [7, 11) is 1.67. The standard InChI is InChI=1S/C16H18N2OS/c1-11-5-3-8-14(16(17)20)15(11)18-10-12-6-4-7-13(9-12)19-2/h3-9,18H,10H2,1-2H3,(H2,17,20). The highest BCUT2D eigenvalue weighted by Gasteiger charge is 2.07. The first-order valence-electron chi connectivity index (χ1n) is 6.38. The zero-order chi connectivity index (χ0) is 14.5. The third-order valence-corrected chi connectivity index (χ3v) is 3.36. The van der Waals surface area contributed by atoms with Crippen molar-refractivity contribution in [1.82, 2.24) is 0 Å². The summed E-state index contributed by atoms with van der Waals surface area (Å²) in [4.78, 5) is 0.404. The highest BCUT2D eigenvalue weighted by molar-refractivity contribution is 7.80. The lowest BCUT2D eigenvalue weighted by molar-refractivity contribution is 0.414. The second kappa shape index (κ2) is 6.39. The molecule has 3 nitrogen and oxygen atoms in total. The van der Waals surface area contributed by atoms with Crippen LogP contribution < -0.4 is 15.8 Å². The van der Waals surface area contributed by atoms with Gasteiger partial charge >= 0.3 is 0 Å². The number of aryl methyl sites for hydroxylation is 1. The minimum Gasteiger partial charge on any atom is -0.497 e. The first kappa shape index (κ1) is 14.3. The predicted molar refractivity (Wildman–Crippen MR) is 87.4 cm³/mol. The first-order valence-corrected chi connectivity index (χ1v) is 6.79. The van der Waals surface area contributed by atoms with E-state index in [0.717, 1.165) is 28.1 Å². The van der Waals surface area contributed by atoms with E-state index in [1.165, 1.54) is 0 Å². The second-order valence-corrected chi connectivity index (χ2v) is 5.01. The molecule has 0 aromatic heterocycles. The van der Waals surface area contributed by atoms with E-state index in [4.69, 9.17) is 22.7 Å². The Labute approximate surface area is 124 Å². The molecule has 0 unspecified atom stereocenters. The number of benzene rings is 2. The van der Waals surface area contributed by atoms with Crippen molar-refractivity contribution >= 4 is 22.9 Å². The lowest BCUT2D eigenvalue weighted by atomic mass is 10.1. The van der Waals surface area contributed by atoms with Crippen LogP contribution in [0.3, 0.4) is 0 Å². The van der Waals surface area contributed by atoms with Gasteiger partial charge in [0.25, 0.3) is 0 Å². The van der Waals surface area contributed by atoms with Crippen molar-refractivity contribution in [1.29, 1.82) is 0 Å². The van der Waals surface area contributed by atoms with Gasteiger partial charge in [0.15, 0.2) is 0 Å². The summed E-state index contributed by atoms with van der Waals surface area (Å²) in [6.07, 6.45) is 0. The zero-order valence-corrected chi connectivity index (χ0v) is 12.5. The molecule has 0 spiro atoms. The van der Waals surface area contributed by atoms with E-state index in [1.807, 2.05) is 49.4 Å². The van der Waals surface area contributed by atoms with Crippen LogP contribution in [0.5, 0.6) is 5.75 Å². The van der Waals surface area contributed by atoms with Crippen LogP contribution >= 0.6 is 12.2 Å². The van der Waals surface area contributed by atoms with E-state index < -0.39 is 0 Å². The molecule has 20 heavy (non-hydrogen) atoms. The molecule has 0 saturated carbocycles. The number of hydrogen-bond acceptors (Lipinski definition) is 3. The Hall–Kier alpha value is -2.07. The van der Waals surface area contributed by atoms with Crippen LogP contribution in [0.4, 0.5) is 5.69 Å². The summed E-state index contributed by atoms with van der Waals surface area (Å²) in [6.45, 7) is 2.73. The maximum atomic E-state index is 5.77. The molecule has 0 bridgehead atoms. The van der Waals surface area contributed by atoms with Gasteiger partial charge in [-0.05, 0) is 36.2 Å². The molecule has 4 heteroatoms. The quantitative estimate of drug-likeness (QED) is 0.828. The highest BCUT2D eigenvalue weighted by Crippen LogP contribution is 2.22. The Balaban J connectivity index is 2.20. The van der Waals surface area contributed by atoms with Crippen LogP contribution in [-0.4, -0.2) is 12.1 Å². The SMILES string of the molecule is COc1cccc(CNc2c(C)cccc2C(N)=S)c1. The molecule has 0 fully saturated rings. The van der Waals surface area contributed by atoms with Crippen molar-refractivity contribution < 1.29 is 4.74 Å². The molecule has 104 valence electrons. The molecule has 0 aliphatic carbocycles. The summed E-state index contributed by atoms with van der Waals surface area (Å²) in [5.41, 5.74) is 9.90. The van der Waals surface area contributed by atoms with E-state index in [9.17, 15) is 0 Å². The number of nitrogens with one attached hydrogen (secondary N) is 1. The molecule has 0 heterocycles. The number of thiocarbonyl (C=S) groups is 1. The van der Waals surface area contributed by atoms with E-state index in [-0.39, 0.29) is 0 Å². The molecular weight excluding hydrogens is 268 g/mol.